The van der Waals surface area contributed by atoms with E-state index in [9.17, 15) is 15.1 Å². The van der Waals surface area contributed by atoms with Crippen LogP contribution in [-0.2, 0) is 16.9 Å². The first kappa shape index (κ1) is 25.4. The van der Waals surface area contributed by atoms with Gasteiger partial charge in [-0.05, 0) is 43.5 Å². The summed E-state index contributed by atoms with van der Waals surface area (Å²) in [5.74, 6) is 0.493. The van der Waals surface area contributed by atoms with Crippen molar-refractivity contribution in [2.45, 2.75) is 31.4 Å². The first-order chi connectivity index (χ1) is 19.0. The van der Waals surface area contributed by atoms with Crippen LogP contribution in [0.15, 0.2) is 67.3 Å². The number of para-hydroxylation sites is 1. The zero-order valence-corrected chi connectivity index (χ0v) is 21.9. The van der Waals surface area contributed by atoms with E-state index in [0.29, 0.717) is 51.3 Å². The third-order valence-corrected chi connectivity index (χ3v) is 7.87. The summed E-state index contributed by atoms with van der Waals surface area (Å²) in [6.45, 7) is 3.94. The van der Waals surface area contributed by atoms with Gasteiger partial charge in [-0.15, -0.1) is 0 Å². The minimum absolute atomic E-state index is 0.0934. The number of anilines is 1. The van der Waals surface area contributed by atoms with E-state index in [0.717, 1.165) is 40.9 Å². The highest BCUT2D eigenvalue weighted by Gasteiger charge is 2.34. The minimum Gasteiger partial charge on any atom is -0.382 e. The maximum atomic E-state index is 13.1. The van der Waals surface area contributed by atoms with Crippen molar-refractivity contribution in [2.75, 3.05) is 44.2 Å². The van der Waals surface area contributed by atoms with E-state index in [-0.39, 0.29) is 12.5 Å². The number of nitrogens with zero attached hydrogens (tertiary/aromatic N) is 7. The van der Waals surface area contributed by atoms with Crippen LogP contribution < -0.4 is 4.90 Å². The topological polar surface area (TPSA) is 111 Å². The van der Waals surface area contributed by atoms with Crippen molar-refractivity contribution in [2.24, 2.45) is 0 Å². The molecule has 0 radical (unpaired) electrons. The Hall–Kier alpha value is -3.86. The highest BCUT2D eigenvalue weighted by Crippen LogP contribution is 2.33. The summed E-state index contributed by atoms with van der Waals surface area (Å²) >= 11 is 0. The largest absolute Gasteiger partial charge is 0.382 e. The second-order valence-corrected chi connectivity index (χ2v) is 10.4. The molecule has 4 aromatic rings. The van der Waals surface area contributed by atoms with Crippen LogP contribution >= 0.6 is 0 Å². The van der Waals surface area contributed by atoms with E-state index in [1.54, 1.807) is 18.6 Å². The Morgan fingerprint density at radius 2 is 1.69 bits per heavy atom. The Morgan fingerprint density at radius 1 is 0.897 bits per heavy atom. The molecular weight excluding hydrogens is 494 g/mol. The van der Waals surface area contributed by atoms with E-state index in [1.807, 2.05) is 46.0 Å². The number of amides is 1. The lowest BCUT2D eigenvalue weighted by Crippen LogP contribution is -2.49. The van der Waals surface area contributed by atoms with Gasteiger partial charge in [-0.1, -0.05) is 18.2 Å². The normalized spacial score (nSPS) is 20.8. The van der Waals surface area contributed by atoms with Crippen LogP contribution in [0, 0.1) is 0 Å². The number of carbonyl (C=O) groups excluding carboxylic acids is 1. The molecule has 0 aliphatic carbocycles. The second kappa shape index (κ2) is 10.7. The lowest BCUT2D eigenvalue weighted by molar-refractivity contribution is -0.132. The van der Waals surface area contributed by atoms with Gasteiger partial charge in [-0.25, -0.2) is 15.0 Å². The van der Waals surface area contributed by atoms with Crippen molar-refractivity contribution in [3.05, 3.63) is 73.1 Å². The summed E-state index contributed by atoms with van der Waals surface area (Å²) < 4.78 is 1.91. The van der Waals surface area contributed by atoms with Gasteiger partial charge in [0.1, 0.15) is 17.8 Å². The van der Waals surface area contributed by atoms with Gasteiger partial charge in [0.15, 0.2) is 5.82 Å². The van der Waals surface area contributed by atoms with Gasteiger partial charge in [0, 0.05) is 86.3 Å². The maximum absolute atomic E-state index is 13.1. The van der Waals surface area contributed by atoms with Gasteiger partial charge in [-0.3, -0.25) is 4.79 Å². The van der Waals surface area contributed by atoms with E-state index in [1.165, 1.54) is 5.06 Å². The quantitative estimate of drug-likeness (QED) is 0.408. The number of benzene rings is 1. The first-order valence-corrected chi connectivity index (χ1v) is 13.5. The maximum Gasteiger partial charge on any atom is 0.242 e. The standard InChI is InChI=1S/C29H33N7O3/c37-26(21-35-13-8-22-5-3-11-30-27(22)35)34-17-15-33(16-18-34)25-7-2-1-6-24(25)23-19-31-28(32-20-23)29(38)9-4-12-36(39)14-10-29/h1-3,5-8,11,13,19-20,38-39H,4,9-10,12,14-18,21H2. The Kier molecular flexibility index (Phi) is 6.99. The smallest absolute Gasteiger partial charge is 0.242 e. The minimum atomic E-state index is -1.14. The van der Waals surface area contributed by atoms with Gasteiger partial charge >= 0.3 is 0 Å². The summed E-state index contributed by atoms with van der Waals surface area (Å²) in [7, 11) is 0. The molecule has 1 aromatic carbocycles. The molecule has 39 heavy (non-hydrogen) atoms. The Labute approximate surface area is 227 Å². The zero-order valence-electron chi connectivity index (χ0n) is 21.9. The number of rotatable bonds is 5. The van der Waals surface area contributed by atoms with Crippen LogP contribution in [0.3, 0.4) is 0 Å². The fourth-order valence-electron chi connectivity index (χ4n) is 5.62. The van der Waals surface area contributed by atoms with Crippen molar-refractivity contribution in [3.63, 3.8) is 0 Å². The molecule has 0 saturated carbocycles. The number of pyridine rings is 1. The van der Waals surface area contributed by atoms with Gasteiger partial charge in [0.05, 0.1) is 0 Å². The van der Waals surface area contributed by atoms with Crippen molar-refractivity contribution in [3.8, 4) is 11.1 Å². The number of carbonyl (C=O) groups is 1. The Bertz CT molecular complexity index is 1450. The van der Waals surface area contributed by atoms with Crippen molar-refractivity contribution in [1.29, 1.82) is 0 Å². The van der Waals surface area contributed by atoms with Crippen LogP contribution in [0.4, 0.5) is 5.69 Å². The Morgan fingerprint density at radius 3 is 2.51 bits per heavy atom. The summed E-state index contributed by atoms with van der Waals surface area (Å²) in [4.78, 5) is 30.8. The number of hydrogen-bond acceptors (Lipinski definition) is 8. The van der Waals surface area contributed by atoms with Crippen LogP contribution in [0.25, 0.3) is 22.2 Å². The molecule has 2 aliphatic heterocycles. The molecule has 1 atom stereocenters. The zero-order chi connectivity index (χ0) is 26.8. The van der Waals surface area contributed by atoms with Crippen LogP contribution in [0.1, 0.15) is 25.1 Å². The number of hydrogen-bond donors (Lipinski definition) is 2. The molecule has 1 unspecified atom stereocenters. The van der Waals surface area contributed by atoms with Gasteiger partial charge < -0.3 is 24.7 Å². The third-order valence-electron chi connectivity index (χ3n) is 7.87. The number of hydroxylamine groups is 2. The molecule has 1 amide bonds. The fraction of sp³-hybridized carbons (Fsp3) is 0.379. The van der Waals surface area contributed by atoms with Gasteiger partial charge in [-0.2, -0.15) is 5.06 Å². The lowest BCUT2D eigenvalue weighted by Gasteiger charge is -2.37. The van der Waals surface area contributed by atoms with E-state index < -0.39 is 5.60 Å². The molecule has 2 fully saturated rings. The van der Waals surface area contributed by atoms with Gasteiger partial charge in [0.25, 0.3) is 0 Å². The molecule has 6 rings (SSSR count). The predicted octanol–water partition coefficient (Wildman–Crippen LogP) is 2.90. The highest BCUT2D eigenvalue weighted by molar-refractivity contribution is 5.82. The van der Waals surface area contributed by atoms with Crippen LogP contribution in [0.2, 0.25) is 0 Å². The first-order valence-electron chi connectivity index (χ1n) is 13.5. The predicted molar refractivity (Wildman–Crippen MR) is 147 cm³/mol. The molecule has 2 N–H and O–H groups in total. The molecule has 0 bridgehead atoms. The van der Waals surface area contributed by atoms with E-state index in [2.05, 4.69) is 32.0 Å². The van der Waals surface area contributed by atoms with Crippen molar-refractivity contribution in [1.82, 2.24) is 29.5 Å². The van der Waals surface area contributed by atoms with E-state index in [4.69, 9.17) is 0 Å². The second-order valence-electron chi connectivity index (χ2n) is 10.4. The van der Waals surface area contributed by atoms with E-state index >= 15 is 0 Å². The molecule has 2 saturated heterocycles. The van der Waals surface area contributed by atoms with Gasteiger partial charge in [0.2, 0.25) is 5.91 Å². The molecular formula is C29H33N7O3. The third kappa shape index (κ3) is 5.23. The van der Waals surface area contributed by atoms with Crippen LogP contribution in [-0.4, -0.2) is 85.0 Å². The van der Waals surface area contributed by atoms with Crippen LogP contribution in [0.5, 0.6) is 0 Å². The molecule has 3 aromatic heterocycles. The molecule has 0 spiro atoms. The van der Waals surface area contributed by atoms with Crippen molar-refractivity contribution < 1.29 is 15.1 Å². The molecule has 10 heteroatoms. The molecule has 5 heterocycles. The lowest BCUT2D eigenvalue weighted by atomic mass is 9.93. The Balaban J connectivity index is 1.13. The molecule has 2 aliphatic rings. The summed E-state index contributed by atoms with van der Waals surface area (Å²) in [5, 5.41) is 23.2. The highest BCUT2D eigenvalue weighted by atomic mass is 16.5. The molecule has 202 valence electrons. The van der Waals surface area contributed by atoms with Crippen molar-refractivity contribution >= 4 is 22.6 Å². The average Bonchev–Trinajstić information content (AvgIpc) is 3.29. The monoisotopic (exact) mass is 527 g/mol. The summed E-state index contributed by atoms with van der Waals surface area (Å²) in [6.07, 6.45) is 8.80. The number of fused-ring (bicyclic) bond motifs is 1. The summed E-state index contributed by atoms with van der Waals surface area (Å²) in [5.41, 5.74) is 2.66. The average molecular weight is 528 g/mol. The summed E-state index contributed by atoms with van der Waals surface area (Å²) in [6, 6.07) is 14.0. The number of piperazine rings is 1. The number of aliphatic hydroxyl groups is 1. The fourth-order valence-corrected chi connectivity index (χ4v) is 5.62. The molecule has 10 nitrogen and oxygen atoms in total. The SMILES string of the molecule is O=C(Cn1ccc2cccnc21)N1CCN(c2ccccc2-c2cnc(C3(O)CCCN(O)CC3)nc2)CC1. The number of aromatic nitrogens is 4.